The summed E-state index contributed by atoms with van der Waals surface area (Å²) in [7, 11) is 1.63. The summed E-state index contributed by atoms with van der Waals surface area (Å²) >= 11 is 4.67. The van der Waals surface area contributed by atoms with Crippen molar-refractivity contribution in [1.82, 2.24) is 15.1 Å². The molecular formula is C19H20N4O2S3. The number of anilines is 2. The first kappa shape index (κ1) is 19.2. The summed E-state index contributed by atoms with van der Waals surface area (Å²) in [4.78, 5) is 16.2. The van der Waals surface area contributed by atoms with Gasteiger partial charge >= 0.3 is 0 Å². The Hall–Kier alpha value is -2.10. The number of benzene rings is 1. The Labute approximate surface area is 175 Å². The average molecular weight is 433 g/mol. The molecule has 0 spiro atoms. The molecule has 1 aromatic carbocycles. The number of hydrogen-bond acceptors (Lipinski definition) is 8. The van der Waals surface area contributed by atoms with Crippen LogP contribution in [0.25, 0.3) is 0 Å². The van der Waals surface area contributed by atoms with Gasteiger partial charge in [-0.2, -0.15) is 0 Å². The van der Waals surface area contributed by atoms with E-state index in [9.17, 15) is 4.79 Å². The van der Waals surface area contributed by atoms with Crippen molar-refractivity contribution in [2.45, 2.75) is 29.5 Å². The molecule has 3 aromatic rings. The highest BCUT2D eigenvalue weighted by atomic mass is 32.2. The van der Waals surface area contributed by atoms with E-state index in [1.54, 1.807) is 18.4 Å². The minimum Gasteiger partial charge on any atom is -0.495 e. The fourth-order valence-corrected chi connectivity index (χ4v) is 5.95. The molecule has 6 nitrogen and oxygen atoms in total. The molecule has 4 rings (SSSR count). The van der Waals surface area contributed by atoms with E-state index in [1.807, 2.05) is 36.1 Å². The predicted octanol–water partition coefficient (Wildman–Crippen LogP) is 4.42. The Kier molecular flexibility index (Phi) is 5.84. The summed E-state index contributed by atoms with van der Waals surface area (Å²) in [6, 6.07) is 9.78. The fourth-order valence-electron chi connectivity index (χ4n) is 3.07. The Balaban J connectivity index is 1.37. The van der Waals surface area contributed by atoms with Gasteiger partial charge in [0, 0.05) is 18.0 Å². The third-order valence-electron chi connectivity index (χ3n) is 4.50. The number of ether oxygens (including phenoxy) is 1. The summed E-state index contributed by atoms with van der Waals surface area (Å²) in [5.41, 5.74) is 2.11. The van der Waals surface area contributed by atoms with Crippen molar-refractivity contribution in [3.8, 4) is 5.75 Å². The van der Waals surface area contributed by atoms with Gasteiger partial charge in [0.1, 0.15) is 5.75 Å². The number of carbonyl (C=O) groups excluding carboxylic acids is 1. The number of thioether (sulfide) groups is 1. The molecule has 0 aliphatic carbocycles. The molecule has 1 aliphatic rings. The lowest BCUT2D eigenvalue weighted by molar-refractivity contribution is -0.131. The highest BCUT2D eigenvalue weighted by molar-refractivity contribution is 8.02. The van der Waals surface area contributed by atoms with Gasteiger partial charge in [-0.15, -0.1) is 21.5 Å². The standard InChI is InChI=1S/C19H20N4O2S3/c1-12(17(24)23-9-7-16-13(11-23)8-10-26-16)27-19-22-21-18(28-19)20-14-5-3-4-6-15(14)25-2/h3-6,8,10,12H,7,9,11H2,1-2H3,(H,20,21). The predicted molar refractivity (Wildman–Crippen MR) is 115 cm³/mol. The molecule has 1 unspecified atom stereocenters. The van der Waals surface area contributed by atoms with E-state index < -0.39 is 0 Å². The van der Waals surface area contributed by atoms with Crippen molar-refractivity contribution in [2.75, 3.05) is 19.0 Å². The molecule has 1 N–H and O–H groups in total. The third kappa shape index (κ3) is 4.16. The van der Waals surface area contributed by atoms with E-state index >= 15 is 0 Å². The van der Waals surface area contributed by atoms with Crippen LogP contribution < -0.4 is 10.1 Å². The second kappa shape index (κ2) is 8.50. The number of carbonyl (C=O) groups is 1. The number of aromatic nitrogens is 2. The number of nitrogens with zero attached hydrogens (tertiary/aromatic N) is 3. The maximum Gasteiger partial charge on any atom is 0.236 e. The van der Waals surface area contributed by atoms with Gasteiger partial charge in [0.15, 0.2) is 4.34 Å². The van der Waals surface area contributed by atoms with E-state index in [1.165, 1.54) is 33.5 Å². The molecule has 0 radical (unpaired) electrons. The van der Waals surface area contributed by atoms with Crippen LogP contribution in [0.2, 0.25) is 0 Å². The Morgan fingerprint density at radius 1 is 1.32 bits per heavy atom. The second-order valence-corrected chi connectivity index (χ2v) is 9.90. The van der Waals surface area contributed by atoms with E-state index in [2.05, 4.69) is 27.0 Å². The molecule has 1 aliphatic heterocycles. The number of rotatable bonds is 6. The summed E-state index contributed by atoms with van der Waals surface area (Å²) < 4.78 is 6.12. The van der Waals surface area contributed by atoms with Gasteiger partial charge in [-0.05, 0) is 42.5 Å². The molecule has 1 amide bonds. The SMILES string of the molecule is COc1ccccc1Nc1nnc(SC(C)C(=O)N2CCc3sccc3C2)s1. The number of methoxy groups -OCH3 is 1. The zero-order valence-corrected chi connectivity index (χ0v) is 18.0. The van der Waals surface area contributed by atoms with Crippen LogP contribution in [-0.2, 0) is 17.8 Å². The number of nitrogens with one attached hydrogen (secondary N) is 1. The number of fused-ring (bicyclic) bond motifs is 1. The molecule has 3 heterocycles. The van der Waals surface area contributed by atoms with Gasteiger partial charge in [0.2, 0.25) is 11.0 Å². The van der Waals surface area contributed by atoms with Crippen molar-refractivity contribution in [2.24, 2.45) is 0 Å². The topological polar surface area (TPSA) is 67.3 Å². The Bertz CT molecular complexity index is 972. The smallest absolute Gasteiger partial charge is 0.236 e. The first-order valence-electron chi connectivity index (χ1n) is 8.88. The van der Waals surface area contributed by atoms with Gasteiger partial charge in [0.05, 0.1) is 18.0 Å². The monoisotopic (exact) mass is 432 g/mol. The maximum absolute atomic E-state index is 12.8. The van der Waals surface area contributed by atoms with Crippen molar-refractivity contribution < 1.29 is 9.53 Å². The Morgan fingerprint density at radius 3 is 3.04 bits per heavy atom. The Morgan fingerprint density at radius 2 is 2.18 bits per heavy atom. The molecule has 0 saturated carbocycles. The van der Waals surface area contributed by atoms with Crippen molar-refractivity contribution >= 4 is 51.2 Å². The van der Waals surface area contributed by atoms with Gasteiger partial charge in [-0.1, -0.05) is 35.2 Å². The zero-order chi connectivity index (χ0) is 19.5. The van der Waals surface area contributed by atoms with Gasteiger partial charge in [0.25, 0.3) is 0 Å². The number of amides is 1. The first-order chi connectivity index (χ1) is 13.6. The van der Waals surface area contributed by atoms with Crippen LogP contribution in [0.5, 0.6) is 5.75 Å². The molecule has 0 saturated heterocycles. The molecular weight excluding hydrogens is 412 g/mol. The van der Waals surface area contributed by atoms with Crippen LogP contribution in [-0.4, -0.2) is 39.9 Å². The third-order valence-corrected chi connectivity index (χ3v) is 7.53. The van der Waals surface area contributed by atoms with Crippen LogP contribution in [0.3, 0.4) is 0 Å². The maximum atomic E-state index is 12.8. The summed E-state index contributed by atoms with van der Waals surface area (Å²) in [5.74, 6) is 0.893. The van der Waals surface area contributed by atoms with Gasteiger partial charge in [-0.3, -0.25) is 4.79 Å². The molecule has 9 heteroatoms. The van der Waals surface area contributed by atoms with E-state index in [-0.39, 0.29) is 11.2 Å². The zero-order valence-electron chi connectivity index (χ0n) is 15.5. The average Bonchev–Trinajstić information content (AvgIpc) is 3.36. The van der Waals surface area contributed by atoms with Crippen LogP contribution in [0.15, 0.2) is 40.1 Å². The summed E-state index contributed by atoms with van der Waals surface area (Å²) in [6.07, 6.45) is 0.946. The molecule has 1 atom stereocenters. The minimum absolute atomic E-state index is 0.149. The number of thiophene rings is 1. The molecule has 0 fully saturated rings. The van der Waals surface area contributed by atoms with E-state index in [4.69, 9.17) is 4.74 Å². The highest BCUT2D eigenvalue weighted by Crippen LogP contribution is 2.34. The fraction of sp³-hybridized carbons (Fsp3) is 0.316. The van der Waals surface area contributed by atoms with Gasteiger partial charge in [-0.25, -0.2) is 0 Å². The lowest BCUT2D eigenvalue weighted by atomic mass is 10.1. The quantitative estimate of drug-likeness (QED) is 0.582. The molecule has 0 bridgehead atoms. The van der Waals surface area contributed by atoms with E-state index in [0.717, 1.165) is 28.7 Å². The normalized spacial score (nSPS) is 14.4. The van der Waals surface area contributed by atoms with Crippen LogP contribution in [0.4, 0.5) is 10.8 Å². The largest absolute Gasteiger partial charge is 0.495 e. The molecule has 146 valence electrons. The van der Waals surface area contributed by atoms with Crippen LogP contribution >= 0.6 is 34.4 Å². The summed E-state index contributed by atoms with van der Waals surface area (Å²) in [5, 5.41) is 14.2. The molecule has 28 heavy (non-hydrogen) atoms. The first-order valence-corrected chi connectivity index (χ1v) is 11.5. The van der Waals surface area contributed by atoms with Crippen molar-refractivity contribution in [3.05, 3.63) is 46.2 Å². The number of para-hydroxylation sites is 2. The van der Waals surface area contributed by atoms with Gasteiger partial charge < -0.3 is 15.0 Å². The minimum atomic E-state index is -0.202. The lowest BCUT2D eigenvalue weighted by Crippen LogP contribution is -2.39. The van der Waals surface area contributed by atoms with Crippen molar-refractivity contribution in [1.29, 1.82) is 0 Å². The van der Waals surface area contributed by atoms with Crippen molar-refractivity contribution in [3.63, 3.8) is 0 Å². The lowest BCUT2D eigenvalue weighted by Gasteiger charge is -2.28. The second-order valence-electron chi connectivity index (χ2n) is 6.34. The molecule has 2 aromatic heterocycles. The number of hydrogen-bond donors (Lipinski definition) is 1. The van der Waals surface area contributed by atoms with Crippen LogP contribution in [0.1, 0.15) is 17.4 Å². The summed E-state index contributed by atoms with van der Waals surface area (Å²) in [6.45, 7) is 3.43. The highest BCUT2D eigenvalue weighted by Gasteiger charge is 2.26. The van der Waals surface area contributed by atoms with Crippen LogP contribution in [0, 0.1) is 0 Å². The van der Waals surface area contributed by atoms with E-state index in [0.29, 0.717) is 11.7 Å².